The van der Waals surface area contributed by atoms with Crippen LogP contribution in [0.4, 0.5) is 0 Å². The van der Waals surface area contributed by atoms with Crippen LogP contribution in [0.2, 0.25) is 0 Å². The molecular weight excluding hydrogens is 226 g/mol. The van der Waals surface area contributed by atoms with Crippen molar-refractivity contribution in [3.05, 3.63) is 0 Å². The van der Waals surface area contributed by atoms with Crippen LogP contribution in [0.5, 0.6) is 0 Å². The van der Waals surface area contributed by atoms with Crippen molar-refractivity contribution < 1.29 is 0 Å². The van der Waals surface area contributed by atoms with Crippen LogP contribution in [-0.2, 0) is 0 Å². The molecule has 1 nitrogen and oxygen atoms in total. The Balaban J connectivity index is 3.25. The normalized spacial score (nSPS) is 11.6. The highest BCUT2D eigenvalue weighted by Gasteiger charge is 2.03. The van der Waals surface area contributed by atoms with E-state index in [9.17, 15) is 0 Å². The van der Waals surface area contributed by atoms with Gasteiger partial charge in [-0.25, -0.2) is 0 Å². The molecule has 0 N–H and O–H groups in total. The molecule has 0 aliphatic carbocycles. The number of nitrogens with zero attached hydrogens (tertiary/aromatic N) is 1. The molecule has 0 aliphatic rings. The second-order valence-corrected chi connectivity index (χ2v) is 5.93. The Hall–Kier alpha value is 0.310. The number of hydrogen-bond donors (Lipinski definition) is 1. The zero-order valence-corrected chi connectivity index (χ0v) is 13.1. The van der Waals surface area contributed by atoms with Gasteiger partial charge < -0.3 is 4.90 Å². The predicted molar refractivity (Wildman–Crippen MR) is 83.1 cm³/mol. The second kappa shape index (κ2) is 12.8. The summed E-state index contributed by atoms with van der Waals surface area (Å²) in [5.41, 5.74) is 0. The first-order chi connectivity index (χ1) is 8.20. The summed E-state index contributed by atoms with van der Waals surface area (Å²) < 4.78 is 0. The third kappa shape index (κ3) is 12.6. The molecule has 0 saturated heterocycles. The summed E-state index contributed by atoms with van der Waals surface area (Å²) in [6.07, 6.45) is 9.71. The van der Waals surface area contributed by atoms with Crippen molar-refractivity contribution in [2.75, 3.05) is 25.4 Å². The summed E-state index contributed by atoms with van der Waals surface area (Å²) in [4.78, 5) is 2.59. The summed E-state index contributed by atoms with van der Waals surface area (Å²) in [6.45, 7) is 10.7. The van der Waals surface area contributed by atoms with E-state index in [1.807, 2.05) is 0 Å². The minimum absolute atomic E-state index is 0.802. The largest absolute Gasteiger partial charge is 0.303 e. The molecule has 0 radical (unpaired) electrons. The molecule has 0 aromatic heterocycles. The third-order valence-corrected chi connectivity index (χ3v) is 3.52. The fourth-order valence-corrected chi connectivity index (χ4v) is 2.45. The van der Waals surface area contributed by atoms with Gasteiger partial charge in [0.1, 0.15) is 0 Å². The topological polar surface area (TPSA) is 3.24 Å². The second-order valence-electron chi connectivity index (χ2n) is 5.49. The molecule has 0 saturated carbocycles. The van der Waals surface area contributed by atoms with Crippen LogP contribution < -0.4 is 0 Å². The van der Waals surface area contributed by atoms with E-state index >= 15 is 0 Å². The third-order valence-electron chi connectivity index (χ3n) is 3.20. The van der Waals surface area contributed by atoms with E-state index in [4.69, 9.17) is 0 Å². The van der Waals surface area contributed by atoms with Crippen molar-refractivity contribution >= 4 is 12.6 Å². The van der Waals surface area contributed by atoms with Crippen molar-refractivity contribution in [3.63, 3.8) is 0 Å². The van der Waals surface area contributed by atoms with Crippen LogP contribution in [0.15, 0.2) is 0 Å². The van der Waals surface area contributed by atoms with E-state index in [1.165, 1.54) is 64.6 Å². The maximum Gasteiger partial charge on any atom is 0.000427 e. The molecule has 0 fully saturated rings. The molecule has 0 unspecified atom stereocenters. The van der Waals surface area contributed by atoms with Gasteiger partial charge in [0.15, 0.2) is 0 Å². The number of thiol groups is 1. The van der Waals surface area contributed by atoms with Gasteiger partial charge in [0.25, 0.3) is 0 Å². The molecule has 0 aromatic rings. The van der Waals surface area contributed by atoms with E-state index in [0.717, 1.165) is 11.7 Å². The Bertz CT molecular complexity index is 148. The first kappa shape index (κ1) is 17.3. The van der Waals surface area contributed by atoms with Crippen LogP contribution in [0.1, 0.15) is 65.7 Å². The number of unbranched alkanes of at least 4 members (excludes halogenated alkanes) is 6. The zero-order chi connectivity index (χ0) is 12.9. The minimum atomic E-state index is 0.802. The Morgan fingerprint density at radius 3 is 1.88 bits per heavy atom. The molecule has 0 spiro atoms. The molecule has 104 valence electrons. The summed E-state index contributed by atoms with van der Waals surface area (Å²) in [6, 6.07) is 0. The van der Waals surface area contributed by atoms with Gasteiger partial charge in [0.2, 0.25) is 0 Å². The van der Waals surface area contributed by atoms with Crippen molar-refractivity contribution in [1.29, 1.82) is 0 Å². The molecule has 0 heterocycles. The lowest BCUT2D eigenvalue weighted by molar-refractivity contribution is 0.250. The standard InChI is InChI=1S/C15H33NS/c1-4-16(14-15(2)3)12-10-8-6-5-7-9-11-13-17/h15,17H,4-14H2,1-3H3. The van der Waals surface area contributed by atoms with Crippen LogP contribution in [0.3, 0.4) is 0 Å². The van der Waals surface area contributed by atoms with Crippen molar-refractivity contribution in [2.24, 2.45) is 5.92 Å². The Labute approximate surface area is 115 Å². The molecule has 0 aliphatic heterocycles. The summed E-state index contributed by atoms with van der Waals surface area (Å²) in [5.74, 6) is 1.86. The van der Waals surface area contributed by atoms with E-state index in [2.05, 4.69) is 38.3 Å². The van der Waals surface area contributed by atoms with Gasteiger partial charge in [0.05, 0.1) is 0 Å². The van der Waals surface area contributed by atoms with Gasteiger partial charge in [-0.1, -0.05) is 52.9 Å². The van der Waals surface area contributed by atoms with Gasteiger partial charge in [0, 0.05) is 6.54 Å². The molecule has 0 bridgehead atoms. The average molecular weight is 260 g/mol. The van der Waals surface area contributed by atoms with E-state index in [0.29, 0.717) is 0 Å². The highest BCUT2D eigenvalue weighted by Crippen LogP contribution is 2.08. The van der Waals surface area contributed by atoms with E-state index < -0.39 is 0 Å². The first-order valence-electron chi connectivity index (χ1n) is 7.53. The van der Waals surface area contributed by atoms with Gasteiger partial charge in [-0.2, -0.15) is 12.6 Å². The number of hydrogen-bond acceptors (Lipinski definition) is 2. The molecule has 17 heavy (non-hydrogen) atoms. The summed E-state index contributed by atoms with van der Waals surface area (Å²) >= 11 is 4.23. The van der Waals surface area contributed by atoms with Gasteiger partial charge in [-0.3, -0.25) is 0 Å². The fourth-order valence-electron chi connectivity index (χ4n) is 2.23. The molecular formula is C15H33NS. The van der Waals surface area contributed by atoms with Crippen LogP contribution in [0.25, 0.3) is 0 Å². The van der Waals surface area contributed by atoms with Gasteiger partial charge in [-0.15, -0.1) is 0 Å². The SMILES string of the molecule is CCN(CCCCCCCCCS)CC(C)C. The first-order valence-corrected chi connectivity index (χ1v) is 8.17. The van der Waals surface area contributed by atoms with Crippen LogP contribution in [0, 0.1) is 5.92 Å². The lowest BCUT2D eigenvalue weighted by Crippen LogP contribution is -2.28. The monoisotopic (exact) mass is 259 g/mol. The molecule has 0 atom stereocenters. The highest BCUT2D eigenvalue weighted by atomic mass is 32.1. The minimum Gasteiger partial charge on any atom is -0.303 e. The lowest BCUT2D eigenvalue weighted by Gasteiger charge is -2.22. The Morgan fingerprint density at radius 2 is 1.41 bits per heavy atom. The van der Waals surface area contributed by atoms with Crippen LogP contribution >= 0.6 is 12.6 Å². The molecule has 2 heteroatoms. The molecule has 0 amide bonds. The lowest BCUT2D eigenvalue weighted by atomic mass is 10.1. The zero-order valence-electron chi connectivity index (χ0n) is 12.2. The highest BCUT2D eigenvalue weighted by molar-refractivity contribution is 7.80. The smallest absolute Gasteiger partial charge is 0.000427 e. The summed E-state index contributed by atoms with van der Waals surface area (Å²) in [7, 11) is 0. The van der Waals surface area contributed by atoms with Crippen molar-refractivity contribution in [3.8, 4) is 0 Å². The van der Waals surface area contributed by atoms with Gasteiger partial charge >= 0.3 is 0 Å². The van der Waals surface area contributed by atoms with Crippen molar-refractivity contribution in [2.45, 2.75) is 65.7 Å². The van der Waals surface area contributed by atoms with Crippen molar-refractivity contribution in [1.82, 2.24) is 4.90 Å². The maximum atomic E-state index is 4.23. The Morgan fingerprint density at radius 1 is 0.882 bits per heavy atom. The average Bonchev–Trinajstić information content (AvgIpc) is 2.30. The van der Waals surface area contributed by atoms with Crippen LogP contribution in [-0.4, -0.2) is 30.3 Å². The Kier molecular flexibility index (Phi) is 13.0. The quantitative estimate of drug-likeness (QED) is 0.395. The fraction of sp³-hybridized carbons (Fsp3) is 1.00. The summed E-state index contributed by atoms with van der Waals surface area (Å²) in [5, 5.41) is 0. The molecule has 0 rings (SSSR count). The molecule has 0 aromatic carbocycles. The van der Waals surface area contributed by atoms with Gasteiger partial charge in [-0.05, 0) is 37.6 Å². The predicted octanol–water partition coefficient (Wildman–Crippen LogP) is 4.62. The van der Waals surface area contributed by atoms with E-state index in [1.54, 1.807) is 0 Å². The number of rotatable bonds is 12. The maximum absolute atomic E-state index is 4.23. The van der Waals surface area contributed by atoms with E-state index in [-0.39, 0.29) is 0 Å².